The standard InChI is InChI=1S/C11H14F3NS2/c12-11(13,14)9-2-1-3-10(8-9)17-7-6-16-5-4-15/h1-3,8H,4-7,15H2. The minimum atomic E-state index is -4.26. The van der Waals surface area contributed by atoms with Crippen LogP contribution in [-0.2, 0) is 6.18 Å². The first-order valence-corrected chi connectivity index (χ1v) is 7.26. The summed E-state index contributed by atoms with van der Waals surface area (Å²) in [5.74, 6) is 2.59. The summed E-state index contributed by atoms with van der Waals surface area (Å²) in [6.07, 6.45) is -4.26. The van der Waals surface area contributed by atoms with Crippen molar-refractivity contribution in [2.75, 3.05) is 23.8 Å². The Labute approximate surface area is 107 Å². The zero-order valence-corrected chi connectivity index (χ0v) is 10.8. The molecule has 0 radical (unpaired) electrons. The van der Waals surface area contributed by atoms with Crippen molar-refractivity contribution in [3.05, 3.63) is 29.8 Å². The largest absolute Gasteiger partial charge is 0.416 e. The number of nitrogens with two attached hydrogens (primary N) is 1. The lowest BCUT2D eigenvalue weighted by Crippen LogP contribution is -2.04. The van der Waals surface area contributed by atoms with Crippen LogP contribution in [0.2, 0.25) is 0 Å². The SMILES string of the molecule is NCCSCCSc1cccc(C(F)(F)F)c1. The molecular formula is C11H14F3NS2. The normalized spacial score (nSPS) is 11.8. The molecule has 0 heterocycles. The van der Waals surface area contributed by atoms with Gasteiger partial charge in [0.2, 0.25) is 0 Å². The van der Waals surface area contributed by atoms with Crippen LogP contribution in [0, 0.1) is 0 Å². The summed E-state index contributed by atoms with van der Waals surface area (Å²) in [5, 5.41) is 0. The maximum atomic E-state index is 12.4. The lowest BCUT2D eigenvalue weighted by molar-refractivity contribution is -0.137. The van der Waals surface area contributed by atoms with E-state index in [9.17, 15) is 13.2 Å². The molecule has 0 saturated carbocycles. The Morgan fingerprint density at radius 1 is 1.12 bits per heavy atom. The Morgan fingerprint density at radius 3 is 2.53 bits per heavy atom. The number of benzene rings is 1. The molecule has 96 valence electrons. The highest BCUT2D eigenvalue weighted by Gasteiger charge is 2.30. The molecular weight excluding hydrogens is 267 g/mol. The summed E-state index contributed by atoms with van der Waals surface area (Å²) >= 11 is 3.15. The average molecular weight is 281 g/mol. The van der Waals surface area contributed by atoms with E-state index in [0.717, 1.165) is 23.3 Å². The molecule has 1 nitrogen and oxygen atoms in total. The van der Waals surface area contributed by atoms with Gasteiger partial charge in [-0.15, -0.1) is 11.8 Å². The minimum Gasteiger partial charge on any atom is -0.330 e. The van der Waals surface area contributed by atoms with E-state index in [1.807, 2.05) is 0 Å². The molecule has 0 fully saturated rings. The maximum absolute atomic E-state index is 12.4. The Morgan fingerprint density at radius 2 is 1.88 bits per heavy atom. The summed E-state index contributed by atoms with van der Waals surface area (Å²) in [6.45, 7) is 0.638. The van der Waals surface area contributed by atoms with Crippen LogP contribution >= 0.6 is 23.5 Å². The zero-order valence-electron chi connectivity index (χ0n) is 9.17. The molecule has 0 atom stereocenters. The van der Waals surface area contributed by atoms with E-state index < -0.39 is 11.7 Å². The monoisotopic (exact) mass is 281 g/mol. The van der Waals surface area contributed by atoms with E-state index in [-0.39, 0.29) is 0 Å². The molecule has 6 heteroatoms. The van der Waals surface area contributed by atoms with Crippen LogP contribution in [0.25, 0.3) is 0 Å². The lowest BCUT2D eigenvalue weighted by Gasteiger charge is -2.08. The fraction of sp³-hybridized carbons (Fsp3) is 0.455. The highest BCUT2D eigenvalue weighted by molar-refractivity contribution is 8.02. The smallest absolute Gasteiger partial charge is 0.330 e. The van der Waals surface area contributed by atoms with Gasteiger partial charge in [0.25, 0.3) is 0 Å². The third-order valence-corrected chi connectivity index (χ3v) is 4.19. The second kappa shape index (κ2) is 7.18. The molecule has 17 heavy (non-hydrogen) atoms. The molecule has 1 rings (SSSR count). The Bertz CT molecular complexity index is 342. The highest BCUT2D eigenvalue weighted by Crippen LogP contribution is 2.31. The van der Waals surface area contributed by atoms with E-state index in [1.54, 1.807) is 17.8 Å². The van der Waals surface area contributed by atoms with Crippen molar-refractivity contribution in [1.29, 1.82) is 0 Å². The highest BCUT2D eigenvalue weighted by atomic mass is 32.2. The summed E-state index contributed by atoms with van der Waals surface area (Å²) in [5.41, 5.74) is 4.75. The van der Waals surface area contributed by atoms with Crippen LogP contribution in [-0.4, -0.2) is 23.8 Å². The summed E-state index contributed by atoms with van der Waals surface area (Å²) in [7, 11) is 0. The first-order chi connectivity index (χ1) is 8.04. The van der Waals surface area contributed by atoms with Crippen molar-refractivity contribution in [3.63, 3.8) is 0 Å². The minimum absolute atomic E-state index is 0.586. The third kappa shape index (κ3) is 5.70. The lowest BCUT2D eigenvalue weighted by atomic mass is 10.2. The quantitative estimate of drug-likeness (QED) is 0.638. The van der Waals surface area contributed by atoms with Crippen LogP contribution in [0.3, 0.4) is 0 Å². The van der Waals surface area contributed by atoms with Crippen LogP contribution < -0.4 is 5.73 Å². The van der Waals surface area contributed by atoms with Gasteiger partial charge >= 0.3 is 6.18 Å². The van der Waals surface area contributed by atoms with Gasteiger partial charge in [-0.25, -0.2) is 0 Å². The van der Waals surface area contributed by atoms with Crippen molar-refractivity contribution in [2.24, 2.45) is 5.73 Å². The molecule has 0 saturated heterocycles. The predicted octanol–water partition coefficient (Wildman–Crippen LogP) is 3.49. The number of hydrogen-bond donors (Lipinski definition) is 1. The summed E-state index contributed by atoms with van der Waals surface area (Å²) in [4.78, 5) is 0.660. The van der Waals surface area contributed by atoms with E-state index in [1.165, 1.54) is 23.9 Å². The van der Waals surface area contributed by atoms with Crippen molar-refractivity contribution >= 4 is 23.5 Å². The van der Waals surface area contributed by atoms with Crippen LogP contribution in [0.15, 0.2) is 29.2 Å². The van der Waals surface area contributed by atoms with Gasteiger partial charge in [0.1, 0.15) is 0 Å². The van der Waals surface area contributed by atoms with Gasteiger partial charge in [0, 0.05) is 28.7 Å². The second-order valence-electron chi connectivity index (χ2n) is 3.28. The van der Waals surface area contributed by atoms with Crippen LogP contribution in [0.1, 0.15) is 5.56 Å². The topological polar surface area (TPSA) is 26.0 Å². The second-order valence-corrected chi connectivity index (χ2v) is 5.67. The molecule has 1 aromatic carbocycles. The van der Waals surface area contributed by atoms with Crippen molar-refractivity contribution in [3.8, 4) is 0 Å². The molecule has 0 spiro atoms. The van der Waals surface area contributed by atoms with Gasteiger partial charge < -0.3 is 5.73 Å². The number of halogens is 3. The van der Waals surface area contributed by atoms with Gasteiger partial charge in [-0.2, -0.15) is 24.9 Å². The molecule has 0 aromatic heterocycles. The first-order valence-electron chi connectivity index (χ1n) is 5.12. The molecule has 2 N–H and O–H groups in total. The Balaban J connectivity index is 2.44. The molecule has 0 bridgehead atoms. The Kier molecular flexibility index (Phi) is 6.22. The Hall–Kier alpha value is -0.330. The van der Waals surface area contributed by atoms with E-state index in [4.69, 9.17) is 5.73 Å². The van der Waals surface area contributed by atoms with E-state index in [0.29, 0.717) is 11.4 Å². The van der Waals surface area contributed by atoms with Gasteiger partial charge in [-0.3, -0.25) is 0 Å². The van der Waals surface area contributed by atoms with Gasteiger partial charge in [0.15, 0.2) is 0 Å². The summed E-state index contributed by atoms with van der Waals surface area (Å²) < 4.78 is 37.3. The van der Waals surface area contributed by atoms with Crippen molar-refractivity contribution in [1.82, 2.24) is 0 Å². The van der Waals surface area contributed by atoms with Gasteiger partial charge in [-0.05, 0) is 18.2 Å². The summed E-state index contributed by atoms with van der Waals surface area (Å²) in [6, 6.07) is 5.43. The molecule has 0 unspecified atom stereocenters. The van der Waals surface area contributed by atoms with Crippen molar-refractivity contribution < 1.29 is 13.2 Å². The molecule has 1 aromatic rings. The predicted molar refractivity (Wildman–Crippen MR) is 68.5 cm³/mol. The van der Waals surface area contributed by atoms with Crippen LogP contribution in [0.4, 0.5) is 13.2 Å². The fourth-order valence-electron chi connectivity index (χ4n) is 1.17. The van der Waals surface area contributed by atoms with Gasteiger partial charge in [-0.1, -0.05) is 6.07 Å². The number of alkyl halides is 3. The zero-order chi connectivity index (χ0) is 12.7. The molecule has 0 aliphatic heterocycles. The molecule has 0 aliphatic rings. The number of hydrogen-bond acceptors (Lipinski definition) is 3. The third-order valence-electron chi connectivity index (χ3n) is 1.92. The maximum Gasteiger partial charge on any atom is 0.416 e. The molecule has 0 aliphatic carbocycles. The number of thioether (sulfide) groups is 2. The fourth-order valence-corrected chi connectivity index (χ4v) is 2.96. The number of rotatable bonds is 6. The average Bonchev–Trinajstić information content (AvgIpc) is 2.28. The van der Waals surface area contributed by atoms with Crippen LogP contribution in [0.5, 0.6) is 0 Å². The van der Waals surface area contributed by atoms with E-state index >= 15 is 0 Å². The first kappa shape index (κ1) is 14.7. The van der Waals surface area contributed by atoms with Gasteiger partial charge in [0.05, 0.1) is 5.56 Å². The molecule has 0 amide bonds. The van der Waals surface area contributed by atoms with E-state index in [2.05, 4.69) is 0 Å². The van der Waals surface area contributed by atoms with Crippen molar-refractivity contribution in [2.45, 2.75) is 11.1 Å².